The van der Waals surface area contributed by atoms with Crippen LogP contribution < -0.4 is 0 Å². The molecule has 0 aromatic heterocycles. The van der Waals surface area contributed by atoms with Crippen molar-refractivity contribution >= 4 is 5.97 Å². The van der Waals surface area contributed by atoms with Crippen molar-refractivity contribution in [2.75, 3.05) is 6.61 Å². The zero-order valence-electron chi connectivity index (χ0n) is 10.5. The van der Waals surface area contributed by atoms with Crippen LogP contribution in [0.1, 0.15) is 11.1 Å². The smallest absolute Gasteiger partial charge is 0.368 e. The van der Waals surface area contributed by atoms with Crippen LogP contribution in [0.5, 0.6) is 0 Å². The lowest BCUT2D eigenvalue weighted by molar-refractivity contribution is -0.152. The van der Waals surface area contributed by atoms with Crippen molar-refractivity contribution in [1.82, 2.24) is 0 Å². The first-order valence-electron chi connectivity index (χ1n) is 6.11. The van der Waals surface area contributed by atoms with Gasteiger partial charge in [-0.05, 0) is 17.5 Å². The molecule has 1 atom stereocenters. The summed E-state index contributed by atoms with van der Waals surface area (Å²) in [5.74, 6) is -1.26. The molecule has 0 heterocycles. The topological polar surface area (TPSA) is 57.2 Å². The maximum atomic E-state index is 11.6. The average Bonchev–Trinajstić information content (AvgIpc) is 2.46. The normalized spacial score (nSPS) is 13.7. The van der Waals surface area contributed by atoms with Crippen molar-refractivity contribution in [3.63, 3.8) is 0 Å². The number of rotatable bonds is 5. The molecular formula is C16H15O3. The summed E-state index contributed by atoms with van der Waals surface area (Å²) in [6.07, 6.45) is 0.205. The fourth-order valence-corrected chi connectivity index (χ4v) is 2.21. The van der Waals surface area contributed by atoms with Crippen molar-refractivity contribution in [3.05, 3.63) is 71.8 Å². The SMILES string of the molecule is [O]C(=O)C(CO)(Cc1ccccc1)c1ccccc1. The molecule has 0 saturated heterocycles. The summed E-state index contributed by atoms with van der Waals surface area (Å²) < 4.78 is 0. The Morgan fingerprint density at radius 2 is 1.47 bits per heavy atom. The molecule has 19 heavy (non-hydrogen) atoms. The van der Waals surface area contributed by atoms with E-state index in [2.05, 4.69) is 0 Å². The summed E-state index contributed by atoms with van der Waals surface area (Å²) in [7, 11) is 0. The van der Waals surface area contributed by atoms with E-state index in [-0.39, 0.29) is 6.42 Å². The molecule has 0 spiro atoms. The third-order valence-corrected chi connectivity index (χ3v) is 3.34. The number of hydrogen-bond donors (Lipinski definition) is 1. The van der Waals surface area contributed by atoms with Gasteiger partial charge in [0.1, 0.15) is 5.41 Å². The zero-order chi connectivity index (χ0) is 13.7. The molecule has 0 bridgehead atoms. The molecular weight excluding hydrogens is 240 g/mol. The molecule has 2 rings (SSSR count). The van der Waals surface area contributed by atoms with Gasteiger partial charge in [0.2, 0.25) is 0 Å². The largest absolute Gasteiger partial charge is 0.395 e. The molecule has 0 amide bonds. The summed E-state index contributed by atoms with van der Waals surface area (Å²) in [4.78, 5) is 11.6. The molecule has 0 aliphatic rings. The molecule has 0 saturated carbocycles. The van der Waals surface area contributed by atoms with Gasteiger partial charge in [-0.3, -0.25) is 0 Å². The van der Waals surface area contributed by atoms with Crippen molar-refractivity contribution < 1.29 is 15.0 Å². The Morgan fingerprint density at radius 3 is 1.95 bits per heavy atom. The Kier molecular flexibility index (Phi) is 3.97. The lowest BCUT2D eigenvalue weighted by Crippen LogP contribution is -2.41. The fourth-order valence-electron chi connectivity index (χ4n) is 2.21. The highest BCUT2D eigenvalue weighted by Crippen LogP contribution is 2.29. The Labute approximate surface area is 112 Å². The van der Waals surface area contributed by atoms with Gasteiger partial charge in [-0.25, -0.2) is 9.90 Å². The summed E-state index contributed by atoms with van der Waals surface area (Å²) in [5.41, 5.74) is 0.00811. The number of carbonyl (C=O) groups excluding carboxylic acids is 1. The molecule has 1 unspecified atom stereocenters. The van der Waals surface area contributed by atoms with Crippen LogP contribution >= 0.6 is 0 Å². The summed E-state index contributed by atoms with van der Waals surface area (Å²) in [6, 6.07) is 18.0. The van der Waals surface area contributed by atoms with Gasteiger partial charge in [-0.15, -0.1) is 0 Å². The van der Waals surface area contributed by atoms with Crippen LogP contribution in [0.2, 0.25) is 0 Å². The molecule has 3 nitrogen and oxygen atoms in total. The molecule has 0 aliphatic heterocycles. The van der Waals surface area contributed by atoms with E-state index in [9.17, 15) is 15.0 Å². The first kappa shape index (κ1) is 13.3. The lowest BCUT2D eigenvalue weighted by atomic mass is 9.76. The van der Waals surface area contributed by atoms with E-state index < -0.39 is 18.0 Å². The van der Waals surface area contributed by atoms with E-state index in [4.69, 9.17) is 0 Å². The quantitative estimate of drug-likeness (QED) is 0.889. The summed E-state index contributed by atoms with van der Waals surface area (Å²) >= 11 is 0. The van der Waals surface area contributed by atoms with E-state index in [0.717, 1.165) is 5.56 Å². The number of carbonyl (C=O) groups is 1. The van der Waals surface area contributed by atoms with E-state index in [1.54, 1.807) is 24.3 Å². The average molecular weight is 255 g/mol. The first-order valence-corrected chi connectivity index (χ1v) is 6.11. The number of hydrogen-bond acceptors (Lipinski definition) is 2. The maximum absolute atomic E-state index is 11.6. The van der Waals surface area contributed by atoms with Gasteiger partial charge in [-0.2, -0.15) is 0 Å². The highest BCUT2D eigenvalue weighted by Gasteiger charge is 2.41. The maximum Gasteiger partial charge on any atom is 0.368 e. The molecule has 3 heteroatoms. The number of benzene rings is 2. The Balaban J connectivity index is 2.44. The third kappa shape index (κ3) is 2.66. The minimum absolute atomic E-state index is 0.205. The van der Waals surface area contributed by atoms with Gasteiger partial charge in [0.25, 0.3) is 0 Å². The third-order valence-electron chi connectivity index (χ3n) is 3.34. The van der Waals surface area contributed by atoms with Crippen LogP contribution in [0.25, 0.3) is 0 Å². The second-order valence-electron chi connectivity index (χ2n) is 4.56. The zero-order valence-corrected chi connectivity index (χ0v) is 10.5. The van der Waals surface area contributed by atoms with Gasteiger partial charge in [0.05, 0.1) is 6.61 Å². The molecule has 1 radical (unpaired) electrons. The van der Waals surface area contributed by atoms with Gasteiger partial charge in [0.15, 0.2) is 0 Å². The number of aliphatic hydroxyl groups excluding tert-OH is 1. The van der Waals surface area contributed by atoms with Crippen molar-refractivity contribution in [2.45, 2.75) is 11.8 Å². The standard InChI is InChI=1S/C16H15O3/c17-12-16(15(18)19,14-9-5-2-6-10-14)11-13-7-3-1-4-8-13/h1-10,17H,11-12H2. The van der Waals surface area contributed by atoms with Gasteiger partial charge < -0.3 is 5.11 Å². The van der Waals surface area contributed by atoms with Crippen molar-refractivity contribution in [1.29, 1.82) is 0 Å². The van der Waals surface area contributed by atoms with E-state index >= 15 is 0 Å². The van der Waals surface area contributed by atoms with Crippen molar-refractivity contribution in [3.8, 4) is 0 Å². The van der Waals surface area contributed by atoms with Crippen LogP contribution in [-0.2, 0) is 21.7 Å². The van der Waals surface area contributed by atoms with Gasteiger partial charge >= 0.3 is 5.97 Å². The van der Waals surface area contributed by atoms with Gasteiger partial charge in [-0.1, -0.05) is 60.7 Å². The second kappa shape index (κ2) is 5.67. The predicted octanol–water partition coefficient (Wildman–Crippen LogP) is 2.12. The van der Waals surface area contributed by atoms with E-state index in [1.165, 1.54) is 0 Å². The second-order valence-corrected chi connectivity index (χ2v) is 4.56. The Morgan fingerprint density at radius 1 is 0.947 bits per heavy atom. The Hall–Kier alpha value is -2.13. The highest BCUT2D eigenvalue weighted by molar-refractivity contribution is 5.81. The van der Waals surface area contributed by atoms with Crippen LogP contribution in [0.4, 0.5) is 0 Å². The van der Waals surface area contributed by atoms with E-state index in [0.29, 0.717) is 5.56 Å². The van der Waals surface area contributed by atoms with Crippen LogP contribution in [0.3, 0.4) is 0 Å². The fraction of sp³-hybridized carbons (Fsp3) is 0.188. The van der Waals surface area contributed by atoms with Crippen molar-refractivity contribution in [2.24, 2.45) is 0 Å². The molecule has 0 fully saturated rings. The lowest BCUT2D eigenvalue weighted by Gasteiger charge is -2.26. The van der Waals surface area contributed by atoms with Crippen LogP contribution in [0.15, 0.2) is 60.7 Å². The monoisotopic (exact) mass is 255 g/mol. The molecule has 1 N–H and O–H groups in total. The summed E-state index contributed by atoms with van der Waals surface area (Å²) in [5, 5.41) is 21.2. The molecule has 97 valence electrons. The highest BCUT2D eigenvalue weighted by atomic mass is 16.4. The molecule has 2 aromatic rings. The molecule has 2 aromatic carbocycles. The Bertz CT molecular complexity index is 536. The van der Waals surface area contributed by atoms with E-state index in [1.807, 2.05) is 36.4 Å². The first-order chi connectivity index (χ1) is 9.19. The minimum atomic E-state index is -1.40. The summed E-state index contributed by atoms with van der Waals surface area (Å²) in [6.45, 7) is -0.492. The van der Waals surface area contributed by atoms with Crippen LogP contribution in [0, 0.1) is 0 Å². The molecule has 0 aliphatic carbocycles. The van der Waals surface area contributed by atoms with Crippen LogP contribution in [-0.4, -0.2) is 17.7 Å². The predicted molar refractivity (Wildman–Crippen MR) is 71.0 cm³/mol. The number of aliphatic hydroxyl groups is 1. The minimum Gasteiger partial charge on any atom is -0.395 e. The van der Waals surface area contributed by atoms with Gasteiger partial charge in [0, 0.05) is 0 Å².